The van der Waals surface area contributed by atoms with E-state index in [1.54, 1.807) is 12.1 Å². The van der Waals surface area contributed by atoms with Crippen LogP contribution in [-0.4, -0.2) is 19.3 Å². The van der Waals surface area contributed by atoms with E-state index in [1.165, 1.54) is 6.07 Å². The molecule has 0 aliphatic heterocycles. The summed E-state index contributed by atoms with van der Waals surface area (Å²) in [5.41, 5.74) is 1.31. The zero-order chi connectivity index (χ0) is 16.6. The SMILES string of the molecule is NS(=O)(=O)c1ccc(CNC(=O)c2cc3cc(Br)ccc3[nH]2)s1. The Morgan fingerprint density at radius 3 is 2.74 bits per heavy atom. The predicted octanol–water partition coefficient (Wildman–Crippen LogP) is 2.57. The smallest absolute Gasteiger partial charge is 0.268 e. The molecule has 3 aromatic rings. The van der Waals surface area contributed by atoms with Gasteiger partial charge in [0, 0.05) is 20.3 Å². The summed E-state index contributed by atoms with van der Waals surface area (Å²) in [5.74, 6) is -0.261. The lowest BCUT2D eigenvalue weighted by Gasteiger charge is -2.01. The number of sulfonamides is 1. The molecule has 120 valence electrons. The number of thiophene rings is 1. The van der Waals surface area contributed by atoms with Crippen molar-refractivity contribution >= 4 is 54.1 Å². The van der Waals surface area contributed by atoms with E-state index in [9.17, 15) is 13.2 Å². The number of nitrogens with one attached hydrogen (secondary N) is 2. The van der Waals surface area contributed by atoms with Gasteiger partial charge in [-0.15, -0.1) is 11.3 Å². The second kappa shape index (κ2) is 6.08. The van der Waals surface area contributed by atoms with Crippen molar-refractivity contribution < 1.29 is 13.2 Å². The van der Waals surface area contributed by atoms with Gasteiger partial charge in [-0.3, -0.25) is 4.79 Å². The molecule has 3 rings (SSSR count). The molecule has 0 bridgehead atoms. The first-order chi connectivity index (χ1) is 10.8. The number of rotatable bonds is 4. The highest BCUT2D eigenvalue weighted by atomic mass is 79.9. The van der Waals surface area contributed by atoms with Gasteiger partial charge < -0.3 is 10.3 Å². The zero-order valence-electron chi connectivity index (χ0n) is 11.7. The van der Waals surface area contributed by atoms with Gasteiger partial charge in [-0.25, -0.2) is 13.6 Å². The first-order valence-corrected chi connectivity index (χ1v) is 9.66. The number of primary sulfonamides is 1. The normalized spacial score (nSPS) is 11.7. The molecule has 0 saturated heterocycles. The van der Waals surface area contributed by atoms with Crippen molar-refractivity contribution in [1.29, 1.82) is 0 Å². The van der Waals surface area contributed by atoms with Crippen molar-refractivity contribution in [1.82, 2.24) is 10.3 Å². The Bertz CT molecular complexity index is 992. The second-order valence-electron chi connectivity index (χ2n) is 4.86. The van der Waals surface area contributed by atoms with E-state index >= 15 is 0 Å². The van der Waals surface area contributed by atoms with Crippen molar-refractivity contribution in [3.8, 4) is 0 Å². The Labute approximate surface area is 144 Å². The van der Waals surface area contributed by atoms with Crippen LogP contribution in [0, 0.1) is 0 Å². The van der Waals surface area contributed by atoms with Gasteiger partial charge in [0.1, 0.15) is 9.90 Å². The minimum Gasteiger partial charge on any atom is -0.351 e. The van der Waals surface area contributed by atoms with Gasteiger partial charge in [0.15, 0.2) is 0 Å². The minimum absolute atomic E-state index is 0.0808. The minimum atomic E-state index is -3.70. The summed E-state index contributed by atoms with van der Waals surface area (Å²) in [4.78, 5) is 15.9. The molecule has 1 aromatic carbocycles. The molecular weight excluding hydrogens is 402 g/mol. The molecule has 0 fully saturated rings. The van der Waals surface area contributed by atoms with Crippen molar-refractivity contribution in [3.63, 3.8) is 0 Å². The number of nitrogens with two attached hydrogens (primary N) is 1. The molecule has 0 saturated carbocycles. The van der Waals surface area contributed by atoms with Gasteiger partial charge >= 0.3 is 0 Å². The summed E-state index contributed by atoms with van der Waals surface area (Å²) in [7, 11) is -3.70. The molecular formula is C14H12BrN3O3S2. The number of aromatic nitrogens is 1. The number of fused-ring (bicyclic) bond motifs is 1. The van der Waals surface area contributed by atoms with E-state index in [0.717, 1.165) is 26.7 Å². The van der Waals surface area contributed by atoms with E-state index in [-0.39, 0.29) is 16.7 Å². The number of H-pyrrole nitrogens is 1. The van der Waals surface area contributed by atoms with Gasteiger partial charge in [0.25, 0.3) is 5.91 Å². The van der Waals surface area contributed by atoms with Crippen LogP contribution in [0.5, 0.6) is 0 Å². The Kier molecular flexibility index (Phi) is 4.28. The number of hydrogen-bond acceptors (Lipinski definition) is 4. The van der Waals surface area contributed by atoms with E-state index in [4.69, 9.17) is 5.14 Å². The van der Waals surface area contributed by atoms with Crippen LogP contribution >= 0.6 is 27.3 Å². The first-order valence-electron chi connectivity index (χ1n) is 6.51. The number of halogens is 1. The van der Waals surface area contributed by atoms with Crippen LogP contribution in [0.25, 0.3) is 10.9 Å². The molecule has 4 N–H and O–H groups in total. The van der Waals surface area contributed by atoms with Gasteiger partial charge in [-0.1, -0.05) is 15.9 Å². The standard InChI is InChI=1S/C14H12BrN3O3S2/c15-9-1-3-11-8(5-9)6-12(18-11)14(19)17-7-10-2-4-13(22-10)23(16,20)21/h1-6,18H,7H2,(H,17,19)(H2,16,20,21). The number of benzene rings is 1. The van der Waals surface area contributed by atoms with Crippen molar-refractivity contribution in [3.05, 3.63) is 51.4 Å². The largest absolute Gasteiger partial charge is 0.351 e. The quantitative estimate of drug-likeness (QED) is 0.611. The third kappa shape index (κ3) is 3.63. The number of carbonyl (C=O) groups is 1. The van der Waals surface area contributed by atoms with Gasteiger partial charge in [0.2, 0.25) is 10.0 Å². The van der Waals surface area contributed by atoms with Crippen molar-refractivity contribution in [2.45, 2.75) is 10.8 Å². The van der Waals surface area contributed by atoms with Crippen LogP contribution in [0.15, 0.2) is 45.1 Å². The molecule has 2 heterocycles. The molecule has 0 unspecified atom stereocenters. The predicted molar refractivity (Wildman–Crippen MR) is 92.9 cm³/mol. The van der Waals surface area contributed by atoms with Crippen LogP contribution in [0.4, 0.5) is 0 Å². The molecule has 1 amide bonds. The highest BCUT2D eigenvalue weighted by Gasteiger charge is 2.13. The maximum absolute atomic E-state index is 12.2. The topological polar surface area (TPSA) is 105 Å². The average molecular weight is 414 g/mol. The van der Waals surface area contributed by atoms with E-state index in [1.807, 2.05) is 18.2 Å². The average Bonchev–Trinajstić information content (AvgIpc) is 3.10. The molecule has 6 nitrogen and oxygen atoms in total. The van der Waals surface area contributed by atoms with E-state index < -0.39 is 10.0 Å². The fraction of sp³-hybridized carbons (Fsp3) is 0.0714. The lowest BCUT2D eigenvalue weighted by molar-refractivity contribution is 0.0947. The highest BCUT2D eigenvalue weighted by molar-refractivity contribution is 9.10. The monoisotopic (exact) mass is 413 g/mol. The molecule has 0 spiro atoms. The summed E-state index contributed by atoms with van der Waals surface area (Å²) >= 11 is 4.43. The first kappa shape index (κ1) is 16.2. The fourth-order valence-electron chi connectivity index (χ4n) is 2.09. The third-order valence-electron chi connectivity index (χ3n) is 3.17. The summed E-state index contributed by atoms with van der Waals surface area (Å²) in [6.07, 6.45) is 0. The van der Waals surface area contributed by atoms with Crippen LogP contribution in [-0.2, 0) is 16.6 Å². The molecule has 0 radical (unpaired) electrons. The molecule has 0 aliphatic rings. The number of carbonyl (C=O) groups excluding carboxylic acids is 1. The zero-order valence-corrected chi connectivity index (χ0v) is 14.9. The number of aromatic amines is 1. The molecule has 2 aromatic heterocycles. The second-order valence-corrected chi connectivity index (χ2v) is 8.74. The van der Waals surface area contributed by atoms with E-state index in [0.29, 0.717) is 10.6 Å². The number of hydrogen-bond donors (Lipinski definition) is 3. The maximum atomic E-state index is 12.2. The molecule has 0 aliphatic carbocycles. The van der Waals surface area contributed by atoms with Crippen molar-refractivity contribution in [2.24, 2.45) is 5.14 Å². The summed E-state index contributed by atoms with van der Waals surface area (Å²) in [5, 5.41) is 8.74. The Balaban J connectivity index is 1.72. The van der Waals surface area contributed by atoms with Crippen LogP contribution in [0.3, 0.4) is 0 Å². The summed E-state index contributed by atoms with van der Waals surface area (Å²) in [6, 6.07) is 10.5. The summed E-state index contributed by atoms with van der Waals surface area (Å²) in [6.45, 7) is 0.234. The Morgan fingerprint density at radius 1 is 1.26 bits per heavy atom. The molecule has 9 heteroatoms. The van der Waals surface area contributed by atoms with Crippen LogP contribution < -0.4 is 10.5 Å². The fourth-order valence-corrected chi connectivity index (χ4v) is 4.19. The lowest BCUT2D eigenvalue weighted by atomic mass is 10.2. The van der Waals surface area contributed by atoms with Gasteiger partial charge in [0.05, 0.1) is 6.54 Å². The summed E-state index contributed by atoms with van der Waals surface area (Å²) < 4.78 is 23.5. The Morgan fingerprint density at radius 2 is 2.04 bits per heavy atom. The Hall–Kier alpha value is -1.68. The highest BCUT2D eigenvalue weighted by Crippen LogP contribution is 2.22. The maximum Gasteiger partial charge on any atom is 0.268 e. The number of amides is 1. The third-order valence-corrected chi connectivity index (χ3v) is 6.18. The van der Waals surface area contributed by atoms with E-state index in [2.05, 4.69) is 26.2 Å². The molecule has 0 atom stereocenters. The van der Waals surface area contributed by atoms with Crippen molar-refractivity contribution in [2.75, 3.05) is 0 Å². The van der Waals surface area contributed by atoms with Crippen LogP contribution in [0.1, 0.15) is 15.4 Å². The van der Waals surface area contributed by atoms with Crippen LogP contribution in [0.2, 0.25) is 0 Å². The van der Waals surface area contributed by atoms with Gasteiger partial charge in [-0.05, 0) is 36.4 Å². The lowest BCUT2D eigenvalue weighted by Crippen LogP contribution is -2.22. The molecule has 23 heavy (non-hydrogen) atoms. The van der Waals surface area contributed by atoms with Gasteiger partial charge in [-0.2, -0.15) is 0 Å².